The lowest BCUT2D eigenvalue weighted by Gasteiger charge is -2.43. The maximum absolute atomic E-state index is 5.75. The van der Waals surface area contributed by atoms with Gasteiger partial charge in [0.25, 0.3) is 0 Å². The van der Waals surface area contributed by atoms with Gasteiger partial charge in [-0.25, -0.2) is 0 Å². The zero-order valence-electron chi connectivity index (χ0n) is 11.5. The van der Waals surface area contributed by atoms with Crippen molar-refractivity contribution >= 4 is 0 Å². The van der Waals surface area contributed by atoms with Crippen LogP contribution in [0.5, 0.6) is 0 Å². The normalized spacial score (nSPS) is 19.2. The molecule has 1 heterocycles. The summed E-state index contributed by atoms with van der Waals surface area (Å²) in [7, 11) is 1.85. The van der Waals surface area contributed by atoms with Crippen LogP contribution >= 0.6 is 0 Å². The van der Waals surface area contributed by atoms with E-state index in [2.05, 4.69) is 23.3 Å². The molecule has 18 heavy (non-hydrogen) atoms. The van der Waals surface area contributed by atoms with Crippen LogP contribution in [-0.4, -0.2) is 24.2 Å². The number of pyridine rings is 1. The van der Waals surface area contributed by atoms with Crippen molar-refractivity contribution in [1.82, 2.24) is 10.3 Å². The van der Waals surface area contributed by atoms with Gasteiger partial charge in [-0.1, -0.05) is 13.0 Å². The van der Waals surface area contributed by atoms with Crippen LogP contribution in [0.1, 0.15) is 50.6 Å². The van der Waals surface area contributed by atoms with E-state index in [0.717, 1.165) is 19.4 Å². The summed E-state index contributed by atoms with van der Waals surface area (Å²) in [6.07, 6.45) is 9.67. The first-order valence-corrected chi connectivity index (χ1v) is 6.98. The van der Waals surface area contributed by atoms with Gasteiger partial charge >= 0.3 is 0 Å². The van der Waals surface area contributed by atoms with Crippen LogP contribution in [0.25, 0.3) is 0 Å². The van der Waals surface area contributed by atoms with E-state index in [-0.39, 0.29) is 5.60 Å². The highest BCUT2D eigenvalue weighted by Gasteiger charge is 2.39. The monoisotopic (exact) mass is 248 g/mol. The van der Waals surface area contributed by atoms with Crippen molar-refractivity contribution in [2.45, 2.75) is 50.7 Å². The lowest BCUT2D eigenvalue weighted by molar-refractivity contribution is -0.0838. The predicted molar refractivity (Wildman–Crippen MR) is 73.5 cm³/mol. The Labute approximate surface area is 110 Å². The molecule has 1 aliphatic rings. The van der Waals surface area contributed by atoms with Crippen molar-refractivity contribution in [3.63, 3.8) is 0 Å². The summed E-state index contributed by atoms with van der Waals surface area (Å²) in [6, 6.07) is 4.53. The topological polar surface area (TPSA) is 34.1 Å². The lowest BCUT2D eigenvalue weighted by atomic mass is 9.75. The highest BCUT2D eigenvalue weighted by atomic mass is 16.5. The summed E-state index contributed by atoms with van der Waals surface area (Å²) < 4.78 is 5.75. The summed E-state index contributed by atoms with van der Waals surface area (Å²) in [5.41, 5.74) is 1.37. The smallest absolute Gasteiger partial charge is 0.0697 e. The molecule has 1 atom stereocenters. The van der Waals surface area contributed by atoms with E-state index >= 15 is 0 Å². The molecule has 1 aromatic rings. The molecule has 0 amide bonds. The van der Waals surface area contributed by atoms with Crippen molar-refractivity contribution in [3.05, 3.63) is 30.1 Å². The third-order valence-electron chi connectivity index (χ3n) is 4.00. The average Bonchev–Trinajstić information content (AvgIpc) is 2.38. The highest BCUT2D eigenvalue weighted by Crippen LogP contribution is 2.41. The van der Waals surface area contributed by atoms with Gasteiger partial charge in [0.05, 0.1) is 5.60 Å². The Balaban J connectivity index is 2.05. The SMILES string of the molecule is CCCNC(CC1(OC)CCC1)c1cccnc1. The zero-order chi connectivity index (χ0) is 12.8. The molecule has 0 aliphatic heterocycles. The van der Waals surface area contributed by atoms with Gasteiger partial charge in [-0.15, -0.1) is 0 Å². The van der Waals surface area contributed by atoms with Crippen LogP contribution in [0.3, 0.4) is 0 Å². The Bertz CT molecular complexity index is 343. The number of hydrogen-bond acceptors (Lipinski definition) is 3. The van der Waals surface area contributed by atoms with E-state index in [1.807, 2.05) is 25.6 Å². The second kappa shape index (κ2) is 6.30. The summed E-state index contributed by atoms with van der Waals surface area (Å²) in [4.78, 5) is 4.23. The number of nitrogens with zero attached hydrogens (tertiary/aromatic N) is 1. The minimum atomic E-state index is 0.0985. The number of nitrogens with one attached hydrogen (secondary N) is 1. The molecule has 0 bridgehead atoms. The third-order valence-corrected chi connectivity index (χ3v) is 4.00. The molecule has 100 valence electrons. The Kier molecular flexibility index (Phi) is 4.72. The molecule has 1 fully saturated rings. The molecule has 0 spiro atoms. The summed E-state index contributed by atoms with van der Waals surface area (Å²) in [5.74, 6) is 0. The first kappa shape index (κ1) is 13.5. The van der Waals surface area contributed by atoms with Gasteiger partial charge in [0.1, 0.15) is 0 Å². The van der Waals surface area contributed by atoms with Crippen LogP contribution in [0.2, 0.25) is 0 Å². The Morgan fingerprint density at radius 2 is 2.33 bits per heavy atom. The molecule has 0 radical (unpaired) electrons. The van der Waals surface area contributed by atoms with Gasteiger partial charge < -0.3 is 10.1 Å². The fourth-order valence-corrected chi connectivity index (χ4v) is 2.64. The minimum Gasteiger partial charge on any atom is -0.378 e. The second-order valence-corrected chi connectivity index (χ2v) is 5.24. The van der Waals surface area contributed by atoms with Crippen molar-refractivity contribution in [2.75, 3.05) is 13.7 Å². The molecule has 1 aliphatic carbocycles. The zero-order valence-corrected chi connectivity index (χ0v) is 11.5. The number of rotatable bonds is 7. The molecule has 3 nitrogen and oxygen atoms in total. The van der Waals surface area contributed by atoms with E-state index in [9.17, 15) is 0 Å². The van der Waals surface area contributed by atoms with Crippen LogP contribution in [0.15, 0.2) is 24.5 Å². The third kappa shape index (κ3) is 3.09. The van der Waals surface area contributed by atoms with Gasteiger partial charge in [-0.05, 0) is 50.3 Å². The first-order valence-electron chi connectivity index (χ1n) is 6.98. The van der Waals surface area contributed by atoms with Gasteiger partial charge in [0.15, 0.2) is 0 Å². The van der Waals surface area contributed by atoms with E-state index in [4.69, 9.17) is 4.74 Å². The number of aromatic nitrogens is 1. The molecular formula is C15H24N2O. The maximum atomic E-state index is 5.75. The molecule has 1 unspecified atom stereocenters. The number of ether oxygens (including phenoxy) is 1. The summed E-state index contributed by atoms with van der Waals surface area (Å²) in [6.45, 7) is 3.24. The second-order valence-electron chi connectivity index (χ2n) is 5.24. The number of hydrogen-bond donors (Lipinski definition) is 1. The minimum absolute atomic E-state index is 0.0985. The molecule has 1 aromatic heterocycles. The van der Waals surface area contributed by atoms with Crippen molar-refractivity contribution in [3.8, 4) is 0 Å². The van der Waals surface area contributed by atoms with E-state index in [1.165, 1.54) is 24.8 Å². The summed E-state index contributed by atoms with van der Waals surface area (Å²) in [5, 5.41) is 3.62. The van der Waals surface area contributed by atoms with Crippen molar-refractivity contribution < 1.29 is 4.74 Å². The standard InChI is InChI=1S/C15H24N2O/c1-3-9-17-14(13-6-4-10-16-12-13)11-15(18-2)7-5-8-15/h4,6,10,12,14,17H,3,5,7-9,11H2,1-2H3. The Hall–Kier alpha value is -0.930. The van der Waals surface area contributed by atoms with Crippen molar-refractivity contribution in [1.29, 1.82) is 0 Å². The van der Waals surface area contributed by atoms with Gasteiger partial charge in [-0.2, -0.15) is 0 Å². The van der Waals surface area contributed by atoms with E-state index < -0.39 is 0 Å². The predicted octanol–water partition coefficient (Wildman–Crippen LogP) is 3.08. The quantitative estimate of drug-likeness (QED) is 0.805. The molecule has 3 heteroatoms. The fourth-order valence-electron chi connectivity index (χ4n) is 2.64. The number of methoxy groups -OCH3 is 1. The highest BCUT2D eigenvalue weighted by molar-refractivity contribution is 5.15. The maximum Gasteiger partial charge on any atom is 0.0697 e. The lowest BCUT2D eigenvalue weighted by Crippen LogP contribution is -2.43. The van der Waals surface area contributed by atoms with Crippen LogP contribution in [0, 0.1) is 0 Å². The molecule has 0 saturated heterocycles. The van der Waals surface area contributed by atoms with Crippen LogP contribution in [0.4, 0.5) is 0 Å². The molecule has 0 aromatic carbocycles. The summed E-state index contributed by atoms with van der Waals surface area (Å²) >= 11 is 0. The van der Waals surface area contributed by atoms with Crippen molar-refractivity contribution in [2.24, 2.45) is 0 Å². The molecular weight excluding hydrogens is 224 g/mol. The average molecular weight is 248 g/mol. The molecule has 1 N–H and O–H groups in total. The fraction of sp³-hybridized carbons (Fsp3) is 0.667. The van der Waals surface area contributed by atoms with Gasteiger partial charge in [0.2, 0.25) is 0 Å². The molecule has 2 rings (SSSR count). The van der Waals surface area contributed by atoms with E-state index in [0.29, 0.717) is 6.04 Å². The largest absolute Gasteiger partial charge is 0.378 e. The molecule has 1 saturated carbocycles. The van der Waals surface area contributed by atoms with E-state index in [1.54, 1.807) is 0 Å². The van der Waals surface area contributed by atoms with Crippen LogP contribution in [-0.2, 0) is 4.74 Å². The van der Waals surface area contributed by atoms with Gasteiger partial charge in [0, 0.05) is 25.5 Å². The Morgan fingerprint density at radius 1 is 1.50 bits per heavy atom. The Morgan fingerprint density at radius 3 is 2.83 bits per heavy atom. The van der Waals surface area contributed by atoms with Gasteiger partial charge in [-0.3, -0.25) is 4.98 Å². The first-order chi connectivity index (χ1) is 8.79. The van der Waals surface area contributed by atoms with Crippen LogP contribution < -0.4 is 5.32 Å².